The third-order valence-corrected chi connectivity index (χ3v) is 3.09. The highest BCUT2D eigenvalue weighted by atomic mass is 16.6. The second-order valence-electron chi connectivity index (χ2n) is 4.33. The molecular weight excluding hydrogens is 194 g/mol. The number of hydrogen-bond acceptors (Lipinski definition) is 3. The monoisotopic (exact) mass is 213 g/mol. The summed E-state index contributed by atoms with van der Waals surface area (Å²) in [4.78, 5) is 13.4. The van der Waals surface area contributed by atoms with Crippen molar-refractivity contribution in [2.75, 3.05) is 26.3 Å². The smallest absolute Gasteiger partial charge is 0.409 e. The number of nitrogens with zero attached hydrogens (tertiary/aromatic N) is 1. The van der Waals surface area contributed by atoms with Crippen molar-refractivity contribution in [3.8, 4) is 0 Å². The first-order valence-electron chi connectivity index (χ1n) is 5.84. The lowest BCUT2D eigenvalue weighted by atomic mass is 10.1. The van der Waals surface area contributed by atoms with Gasteiger partial charge in [0.25, 0.3) is 0 Å². The number of ether oxygens (including phenoxy) is 2. The molecule has 2 saturated heterocycles. The number of amides is 1. The molecule has 2 aliphatic heterocycles. The van der Waals surface area contributed by atoms with Gasteiger partial charge in [0.05, 0.1) is 19.3 Å². The van der Waals surface area contributed by atoms with Crippen LogP contribution in [0.3, 0.4) is 0 Å². The van der Waals surface area contributed by atoms with Crippen LogP contribution < -0.4 is 0 Å². The van der Waals surface area contributed by atoms with Crippen molar-refractivity contribution in [2.45, 2.75) is 32.3 Å². The molecule has 1 unspecified atom stereocenters. The van der Waals surface area contributed by atoms with Gasteiger partial charge in [0, 0.05) is 19.0 Å². The number of unbranched alkanes of at least 4 members (excludes halogenated alkanes) is 1. The summed E-state index contributed by atoms with van der Waals surface area (Å²) in [6.07, 6.45) is 3.35. The molecule has 0 N–H and O–H groups in total. The molecule has 0 aromatic rings. The van der Waals surface area contributed by atoms with E-state index in [4.69, 9.17) is 9.47 Å². The van der Waals surface area contributed by atoms with Gasteiger partial charge in [-0.15, -0.1) is 0 Å². The highest BCUT2D eigenvalue weighted by Crippen LogP contribution is 2.28. The maximum atomic E-state index is 11.6. The molecule has 4 nitrogen and oxygen atoms in total. The molecule has 2 aliphatic rings. The number of likely N-dealkylation sites (tertiary alicyclic amines) is 1. The molecule has 2 atom stereocenters. The molecule has 2 fully saturated rings. The van der Waals surface area contributed by atoms with E-state index in [0.29, 0.717) is 18.6 Å². The van der Waals surface area contributed by atoms with Gasteiger partial charge in [-0.1, -0.05) is 13.3 Å². The molecule has 0 radical (unpaired) electrons. The lowest BCUT2D eigenvalue weighted by molar-refractivity contribution is 0.107. The van der Waals surface area contributed by atoms with E-state index in [1.807, 2.05) is 4.90 Å². The number of carbonyl (C=O) groups excluding carboxylic acids is 1. The van der Waals surface area contributed by atoms with Gasteiger partial charge in [-0.3, -0.25) is 0 Å². The normalized spacial score (nSPS) is 29.3. The quantitative estimate of drug-likeness (QED) is 0.526. The van der Waals surface area contributed by atoms with Crippen LogP contribution in [-0.2, 0) is 9.47 Å². The summed E-state index contributed by atoms with van der Waals surface area (Å²) in [5, 5.41) is 0. The molecule has 0 aromatic carbocycles. The van der Waals surface area contributed by atoms with Crippen molar-refractivity contribution in [3.05, 3.63) is 0 Å². The maximum absolute atomic E-state index is 11.6. The molecule has 86 valence electrons. The lowest BCUT2D eigenvalue weighted by Crippen LogP contribution is -2.30. The zero-order valence-electron chi connectivity index (χ0n) is 9.28. The van der Waals surface area contributed by atoms with Crippen LogP contribution in [0.15, 0.2) is 0 Å². The molecule has 15 heavy (non-hydrogen) atoms. The first-order valence-corrected chi connectivity index (χ1v) is 5.84. The fourth-order valence-electron chi connectivity index (χ4n) is 1.98. The summed E-state index contributed by atoms with van der Waals surface area (Å²) in [6, 6.07) is 0. The van der Waals surface area contributed by atoms with Crippen LogP contribution in [0, 0.1) is 5.92 Å². The van der Waals surface area contributed by atoms with Crippen LogP contribution in [0.25, 0.3) is 0 Å². The third-order valence-electron chi connectivity index (χ3n) is 3.09. The van der Waals surface area contributed by atoms with E-state index >= 15 is 0 Å². The lowest BCUT2D eigenvalue weighted by Gasteiger charge is -2.15. The molecule has 1 amide bonds. The van der Waals surface area contributed by atoms with Gasteiger partial charge >= 0.3 is 6.09 Å². The molecular formula is C11H19NO3. The van der Waals surface area contributed by atoms with E-state index < -0.39 is 0 Å². The van der Waals surface area contributed by atoms with Crippen LogP contribution in [0.5, 0.6) is 0 Å². The van der Waals surface area contributed by atoms with Crippen LogP contribution >= 0.6 is 0 Å². The zero-order chi connectivity index (χ0) is 10.7. The molecule has 0 saturated carbocycles. The van der Waals surface area contributed by atoms with Crippen LogP contribution in [0.4, 0.5) is 4.79 Å². The van der Waals surface area contributed by atoms with Crippen molar-refractivity contribution in [3.63, 3.8) is 0 Å². The van der Waals surface area contributed by atoms with E-state index in [2.05, 4.69) is 6.92 Å². The Morgan fingerprint density at radius 1 is 1.60 bits per heavy atom. The highest BCUT2D eigenvalue weighted by molar-refractivity contribution is 5.67. The molecule has 4 heteroatoms. The van der Waals surface area contributed by atoms with Gasteiger partial charge in [0.15, 0.2) is 0 Å². The average molecular weight is 213 g/mol. The fourth-order valence-corrected chi connectivity index (χ4v) is 1.98. The summed E-state index contributed by atoms with van der Waals surface area (Å²) in [6.45, 7) is 5.16. The van der Waals surface area contributed by atoms with Gasteiger partial charge < -0.3 is 14.4 Å². The van der Waals surface area contributed by atoms with E-state index in [0.717, 1.165) is 39.0 Å². The summed E-state index contributed by atoms with van der Waals surface area (Å²) in [5.74, 6) is 0.545. The molecule has 2 rings (SSSR count). The summed E-state index contributed by atoms with van der Waals surface area (Å²) in [7, 11) is 0. The van der Waals surface area contributed by atoms with Crippen LogP contribution in [0.2, 0.25) is 0 Å². The van der Waals surface area contributed by atoms with E-state index in [1.54, 1.807) is 0 Å². The van der Waals surface area contributed by atoms with Crippen molar-refractivity contribution < 1.29 is 14.3 Å². The van der Waals surface area contributed by atoms with Gasteiger partial charge in [-0.2, -0.15) is 0 Å². The third kappa shape index (κ3) is 2.84. The van der Waals surface area contributed by atoms with Gasteiger partial charge in [0.1, 0.15) is 0 Å². The SMILES string of the molecule is CCCCOC(=O)N1CC[C@H](C2CO2)C1. The number of rotatable bonds is 4. The maximum Gasteiger partial charge on any atom is 0.409 e. The Balaban J connectivity index is 1.67. The Morgan fingerprint density at radius 2 is 2.40 bits per heavy atom. The second kappa shape index (κ2) is 4.84. The number of carbonyl (C=O) groups is 1. The van der Waals surface area contributed by atoms with Gasteiger partial charge in [0.2, 0.25) is 0 Å². The Kier molecular flexibility index (Phi) is 3.46. The molecule has 0 bridgehead atoms. The topological polar surface area (TPSA) is 42.1 Å². The molecule has 0 spiro atoms. The van der Waals surface area contributed by atoms with Crippen molar-refractivity contribution in [1.82, 2.24) is 4.90 Å². The Hall–Kier alpha value is -0.770. The minimum atomic E-state index is -0.147. The first-order chi connectivity index (χ1) is 7.31. The van der Waals surface area contributed by atoms with Crippen molar-refractivity contribution >= 4 is 6.09 Å². The summed E-state index contributed by atoms with van der Waals surface area (Å²) < 4.78 is 10.4. The average Bonchev–Trinajstić information content (AvgIpc) is 2.97. The van der Waals surface area contributed by atoms with Gasteiger partial charge in [-0.05, 0) is 12.8 Å². The van der Waals surface area contributed by atoms with Crippen LogP contribution in [0.1, 0.15) is 26.2 Å². The minimum absolute atomic E-state index is 0.147. The summed E-state index contributed by atoms with van der Waals surface area (Å²) in [5.41, 5.74) is 0. The predicted molar refractivity (Wildman–Crippen MR) is 55.7 cm³/mol. The Bertz CT molecular complexity index is 228. The standard InChI is InChI=1S/C11H19NO3/c1-2-3-6-14-11(13)12-5-4-9(7-12)10-8-15-10/h9-10H,2-8H2,1H3/t9-,10?/m0/s1. The van der Waals surface area contributed by atoms with E-state index in [1.165, 1.54) is 0 Å². The van der Waals surface area contributed by atoms with E-state index in [-0.39, 0.29) is 6.09 Å². The number of hydrogen-bond donors (Lipinski definition) is 0. The molecule has 2 heterocycles. The minimum Gasteiger partial charge on any atom is -0.449 e. The van der Waals surface area contributed by atoms with Crippen LogP contribution in [-0.4, -0.2) is 43.4 Å². The van der Waals surface area contributed by atoms with Gasteiger partial charge in [-0.25, -0.2) is 4.79 Å². The first kappa shape index (κ1) is 10.7. The largest absolute Gasteiger partial charge is 0.449 e. The number of epoxide rings is 1. The second-order valence-corrected chi connectivity index (χ2v) is 4.33. The van der Waals surface area contributed by atoms with Crippen molar-refractivity contribution in [2.24, 2.45) is 5.92 Å². The van der Waals surface area contributed by atoms with Crippen molar-refractivity contribution in [1.29, 1.82) is 0 Å². The Morgan fingerprint density at radius 3 is 3.07 bits per heavy atom. The zero-order valence-corrected chi connectivity index (χ0v) is 9.28. The molecule has 0 aliphatic carbocycles. The predicted octanol–water partition coefficient (Wildman–Crippen LogP) is 1.64. The highest BCUT2D eigenvalue weighted by Gasteiger charge is 2.38. The fraction of sp³-hybridized carbons (Fsp3) is 0.909. The summed E-state index contributed by atoms with van der Waals surface area (Å²) >= 11 is 0. The Labute approximate surface area is 90.5 Å². The van der Waals surface area contributed by atoms with E-state index in [9.17, 15) is 4.79 Å². The molecule has 0 aromatic heterocycles.